The number of hydrogen-bond acceptors (Lipinski definition) is 1. The van der Waals surface area contributed by atoms with Crippen molar-refractivity contribution in [2.24, 2.45) is 0 Å². The summed E-state index contributed by atoms with van der Waals surface area (Å²) in [6.07, 6.45) is 4.48. The van der Waals surface area contributed by atoms with Gasteiger partial charge in [0.05, 0.1) is 0 Å². The van der Waals surface area contributed by atoms with Gasteiger partial charge in [-0.3, -0.25) is 0 Å². The van der Waals surface area contributed by atoms with Crippen molar-refractivity contribution in [1.82, 2.24) is 5.32 Å². The third-order valence-corrected chi connectivity index (χ3v) is 3.68. The maximum absolute atomic E-state index is 12.8. The molecule has 0 amide bonds. The molecule has 1 atom stereocenters. The van der Waals surface area contributed by atoms with Crippen LogP contribution in [0, 0.1) is 5.82 Å². The van der Waals surface area contributed by atoms with E-state index < -0.39 is 0 Å². The number of unbranched alkanes of at least 4 members (excludes halogenated alkanes) is 1. The zero-order chi connectivity index (χ0) is 14.9. The van der Waals surface area contributed by atoms with Gasteiger partial charge in [0.25, 0.3) is 0 Å². The predicted octanol–water partition coefficient (Wildman–Crippen LogP) is 4.37. The molecule has 0 saturated carbocycles. The van der Waals surface area contributed by atoms with Gasteiger partial charge in [-0.1, -0.05) is 42.5 Å². The molecular weight excluding hydrogens is 261 g/mol. The molecule has 0 aromatic heterocycles. The van der Waals surface area contributed by atoms with Gasteiger partial charge in [0.1, 0.15) is 5.82 Å². The fourth-order valence-corrected chi connectivity index (χ4v) is 2.49. The number of benzene rings is 2. The second-order valence-corrected chi connectivity index (χ2v) is 5.63. The maximum atomic E-state index is 12.8. The zero-order valence-electron chi connectivity index (χ0n) is 12.7. The molecule has 0 fully saturated rings. The minimum Gasteiger partial charge on any atom is -0.314 e. The summed E-state index contributed by atoms with van der Waals surface area (Å²) in [4.78, 5) is 0. The molecule has 0 saturated heterocycles. The Kier molecular flexibility index (Phi) is 6.42. The lowest BCUT2D eigenvalue weighted by Crippen LogP contribution is -2.29. The van der Waals surface area contributed by atoms with Crippen LogP contribution in [0.3, 0.4) is 0 Å². The van der Waals surface area contributed by atoms with E-state index in [1.54, 1.807) is 0 Å². The van der Waals surface area contributed by atoms with Gasteiger partial charge in [-0.15, -0.1) is 0 Å². The van der Waals surface area contributed by atoms with Crippen LogP contribution in [-0.4, -0.2) is 12.6 Å². The maximum Gasteiger partial charge on any atom is 0.123 e. The van der Waals surface area contributed by atoms with E-state index in [2.05, 4.69) is 42.6 Å². The van der Waals surface area contributed by atoms with E-state index in [9.17, 15) is 4.39 Å². The Bertz CT molecular complexity index is 507. The molecule has 0 heterocycles. The lowest BCUT2D eigenvalue weighted by atomic mass is 10.1. The first-order valence-electron chi connectivity index (χ1n) is 7.76. The number of rotatable bonds is 8. The van der Waals surface area contributed by atoms with Crippen molar-refractivity contribution < 1.29 is 4.39 Å². The molecule has 1 N–H and O–H groups in total. The molecule has 0 bridgehead atoms. The fourth-order valence-electron chi connectivity index (χ4n) is 2.49. The van der Waals surface area contributed by atoms with Gasteiger partial charge in [-0.2, -0.15) is 0 Å². The highest BCUT2D eigenvalue weighted by atomic mass is 19.1. The minimum absolute atomic E-state index is 0.166. The Balaban J connectivity index is 1.59. The monoisotopic (exact) mass is 285 g/mol. The van der Waals surface area contributed by atoms with Crippen molar-refractivity contribution >= 4 is 0 Å². The SMILES string of the molecule is CC(Cc1ccc(F)cc1)NCCCCc1ccccc1. The first kappa shape index (κ1) is 15.7. The first-order valence-corrected chi connectivity index (χ1v) is 7.76. The van der Waals surface area contributed by atoms with Crippen LogP contribution in [-0.2, 0) is 12.8 Å². The van der Waals surface area contributed by atoms with Crippen LogP contribution >= 0.6 is 0 Å². The molecule has 0 radical (unpaired) electrons. The van der Waals surface area contributed by atoms with E-state index >= 15 is 0 Å². The molecule has 0 spiro atoms. The largest absolute Gasteiger partial charge is 0.314 e. The second kappa shape index (κ2) is 8.58. The quantitative estimate of drug-likeness (QED) is 0.710. The van der Waals surface area contributed by atoms with Gasteiger partial charge in [-0.25, -0.2) is 4.39 Å². The molecule has 0 aliphatic carbocycles. The van der Waals surface area contributed by atoms with E-state index in [0.29, 0.717) is 6.04 Å². The molecule has 1 unspecified atom stereocenters. The van der Waals surface area contributed by atoms with Crippen LogP contribution in [0.5, 0.6) is 0 Å². The van der Waals surface area contributed by atoms with Crippen molar-refractivity contribution in [2.45, 2.75) is 38.6 Å². The number of halogens is 1. The van der Waals surface area contributed by atoms with Crippen molar-refractivity contribution in [3.8, 4) is 0 Å². The van der Waals surface area contributed by atoms with Gasteiger partial charge >= 0.3 is 0 Å². The molecule has 21 heavy (non-hydrogen) atoms. The summed E-state index contributed by atoms with van der Waals surface area (Å²) in [7, 11) is 0. The highest BCUT2D eigenvalue weighted by molar-refractivity contribution is 5.17. The van der Waals surface area contributed by atoms with Gasteiger partial charge in [0.2, 0.25) is 0 Å². The Morgan fingerprint density at radius 2 is 1.62 bits per heavy atom. The van der Waals surface area contributed by atoms with Crippen LogP contribution in [0.15, 0.2) is 54.6 Å². The Morgan fingerprint density at radius 1 is 0.905 bits per heavy atom. The molecule has 0 aliphatic heterocycles. The van der Waals surface area contributed by atoms with E-state index in [4.69, 9.17) is 0 Å². The lowest BCUT2D eigenvalue weighted by molar-refractivity contribution is 0.524. The van der Waals surface area contributed by atoms with Crippen LogP contribution < -0.4 is 5.32 Å². The molecule has 1 nitrogen and oxygen atoms in total. The standard InChI is InChI=1S/C19H24FN/c1-16(15-18-10-12-19(20)13-11-18)21-14-6-5-9-17-7-3-2-4-8-17/h2-4,7-8,10-13,16,21H,5-6,9,14-15H2,1H3. The fraction of sp³-hybridized carbons (Fsp3) is 0.368. The van der Waals surface area contributed by atoms with E-state index in [0.717, 1.165) is 19.4 Å². The molecule has 2 rings (SSSR count). The van der Waals surface area contributed by atoms with E-state index in [1.165, 1.54) is 36.1 Å². The summed E-state index contributed by atoms with van der Waals surface area (Å²) in [5, 5.41) is 3.54. The highest BCUT2D eigenvalue weighted by Crippen LogP contribution is 2.07. The predicted molar refractivity (Wildman–Crippen MR) is 86.9 cm³/mol. The van der Waals surface area contributed by atoms with Crippen molar-refractivity contribution in [3.63, 3.8) is 0 Å². The third kappa shape index (κ3) is 6.09. The average molecular weight is 285 g/mol. The summed E-state index contributed by atoms with van der Waals surface area (Å²) in [5.41, 5.74) is 2.59. The van der Waals surface area contributed by atoms with Crippen LogP contribution in [0.2, 0.25) is 0 Å². The van der Waals surface area contributed by atoms with E-state index in [1.807, 2.05) is 12.1 Å². The van der Waals surface area contributed by atoms with Crippen molar-refractivity contribution in [2.75, 3.05) is 6.54 Å². The highest BCUT2D eigenvalue weighted by Gasteiger charge is 2.03. The Hall–Kier alpha value is -1.67. The molecule has 2 heteroatoms. The van der Waals surface area contributed by atoms with Crippen LogP contribution in [0.1, 0.15) is 30.9 Å². The van der Waals surface area contributed by atoms with Crippen molar-refractivity contribution in [1.29, 1.82) is 0 Å². The van der Waals surface area contributed by atoms with Crippen LogP contribution in [0.25, 0.3) is 0 Å². The zero-order valence-corrected chi connectivity index (χ0v) is 12.7. The number of aryl methyl sites for hydroxylation is 1. The van der Waals surface area contributed by atoms with Crippen LogP contribution in [0.4, 0.5) is 4.39 Å². The van der Waals surface area contributed by atoms with Gasteiger partial charge < -0.3 is 5.32 Å². The molecule has 112 valence electrons. The normalized spacial score (nSPS) is 12.3. The van der Waals surface area contributed by atoms with Gasteiger partial charge in [-0.05, 0) is 62.4 Å². The second-order valence-electron chi connectivity index (χ2n) is 5.63. The Labute approximate surface area is 127 Å². The summed E-state index contributed by atoms with van der Waals surface area (Å²) in [5.74, 6) is -0.166. The van der Waals surface area contributed by atoms with Gasteiger partial charge in [0, 0.05) is 6.04 Å². The third-order valence-electron chi connectivity index (χ3n) is 3.68. The molecule has 0 aliphatic rings. The Morgan fingerprint density at radius 3 is 2.33 bits per heavy atom. The van der Waals surface area contributed by atoms with Crippen molar-refractivity contribution in [3.05, 3.63) is 71.5 Å². The topological polar surface area (TPSA) is 12.0 Å². The summed E-state index contributed by atoms with van der Waals surface area (Å²) in [6.45, 7) is 3.22. The van der Waals surface area contributed by atoms with Gasteiger partial charge in [0.15, 0.2) is 0 Å². The number of nitrogens with one attached hydrogen (secondary N) is 1. The molecular formula is C19H24FN. The lowest BCUT2D eigenvalue weighted by Gasteiger charge is -2.13. The minimum atomic E-state index is -0.166. The number of hydrogen-bond donors (Lipinski definition) is 1. The smallest absolute Gasteiger partial charge is 0.123 e. The summed E-state index contributed by atoms with van der Waals surface area (Å²) >= 11 is 0. The summed E-state index contributed by atoms with van der Waals surface area (Å²) < 4.78 is 12.8. The molecule has 2 aromatic carbocycles. The average Bonchev–Trinajstić information content (AvgIpc) is 2.50. The molecule has 2 aromatic rings. The first-order chi connectivity index (χ1) is 10.2. The van der Waals surface area contributed by atoms with E-state index in [-0.39, 0.29) is 5.82 Å². The summed E-state index contributed by atoms with van der Waals surface area (Å²) in [6, 6.07) is 17.8.